The molecular formula is C22H27N5O2. The summed E-state index contributed by atoms with van der Waals surface area (Å²) < 4.78 is 0. The molecule has 1 atom stereocenters. The maximum absolute atomic E-state index is 12.5. The average Bonchev–Trinajstić information content (AvgIpc) is 3.19. The Labute approximate surface area is 171 Å². The van der Waals surface area contributed by atoms with Crippen LogP contribution in [0.5, 0.6) is 0 Å². The van der Waals surface area contributed by atoms with Crippen molar-refractivity contribution in [3.8, 4) is 0 Å². The van der Waals surface area contributed by atoms with Crippen LogP contribution >= 0.6 is 0 Å². The van der Waals surface area contributed by atoms with Crippen molar-refractivity contribution < 1.29 is 9.59 Å². The molecule has 29 heavy (non-hydrogen) atoms. The monoisotopic (exact) mass is 393 g/mol. The van der Waals surface area contributed by atoms with Crippen molar-refractivity contribution in [2.75, 3.05) is 37.6 Å². The van der Waals surface area contributed by atoms with E-state index in [1.54, 1.807) is 6.20 Å². The van der Waals surface area contributed by atoms with Crippen molar-refractivity contribution in [1.29, 1.82) is 0 Å². The lowest BCUT2D eigenvalue weighted by molar-refractivity contribution is -0.123. The quantitative estimate of drug-likeness (QED) is 0.777. The number of pyridine rings is 1. The third-order valence-corrected chi connectivity index (χ3v) is 5.58. The average molecular weight is 393 g/mol. The van der Waals surface area contributed by atoms with E-state index in [4.69, 9.17) is 0 Å². The van der Waals surface area contributed by atoms with Gasteiger partial charge >= 0.3 is 0 Å². The molecule has 152 valence electrons. The number of aromatic nitrogens is 1. The summed E-state index contributed by atoms with van der Waals surface area (Å²) in [5, 5.41) is 6.42. The molecule has 1 unspecified atom stereocenters. The highest BCUT2D eigenvalue weighted by atomic mass is 16.2. The number of hydrogen-bond donors (Lipinski definition) is 2. The van der Waals surface area contributed by atoms with E-state index in [0.29, 0.717) is 19.5 Å². The van der Waals surface area contributed by atoms with E-state index in [0.717, 1.165) is 49.4 Å². The lowest BCUT2D eigenvalue weighted by atomic mass is 10.1. The Balaban J connectivity index is 1.30. The summed E-state index contributed by atoms with van der Waals surface area (Å²) in [6, 6.07) is 12.0. The molecule has 7 nitrogen and oxygen atoms in total. The van der Waals surface area contributed by atoms with Gasteiger partial charge in [-0.2, -0.15) is 0 Å². The van der Waals surface area contributed by atoms with E-state index in [1.165, 1.54) is 0 Å². The van der Waals surface area contributed by atoms with Gasteiger partial charge in [-0.1, -0.05) is 18.2 Å². The van der Waals surface area contributed by atoms with Gasteiger partial charge in [0.2, 0.25) is 11.8 Å². The number of nitrogens with zero attached hydrogens (tertiary/aromatic N) is 3. The number of carbonyl (C=O) groups is 2. The van der Waals surface area contributed by atoms with E-state index >= 15 is 0 Å². The Morgan fingerprint density at radius 3 is 2.79 bits per heavy atom. The first-order chi connectivity index (χ1) is 14.2. The largest absolute Gasteiger partial charge is 0.351 e. The lowest BCUT2D eigenvalue weighted by Gasteiger charge is -2.35. The van der Waals surface area contributed by atoms with Crippen molar-refractivity contribution in [3.05, 3.63) is 59.9 Å². The van der Waals surface area contributed by atoms with Crippen molar-refractivity contribution in [2.45, 2.75) is 25.4 Å². The van der Waals surface area contributed by atoms with Crippen LogP contribution in [0.25, 0.3) is 0 Å². The summed E-state index contributed by atoms with van der Waals surface area (Å²) in [4.78, 5) is 32.6. The van der Waals surface area contributed by atoms with Gasteiger partial charge in [-0.25, -0.2) is 0 Å². The Hall–Kier alpha value is -2.77. The van der Waals surface area contributed by atoms with Crippen LogP contribution in [0.1, 0.15) is 30.0 Å². The second-order valence-electron chi connectivity index (χ2n) is 7.57. The van der Waals surface area contributed by atoms with E-state index in [1.807, 2.05) is 41.4 Å². The van der Waals surface area contributed by atoms with Gasteiger partial charge in [0.1, 0.15) is 0 Å². The van der Waals surface area contributed by atoms with Crippen molar-refractivity contribution in [2.24, 2.45) is 0 Å². The summed E-state index contributed by atoms with van der Waals surface area (Å²) >= 11 is 0. The number of carbonyl (C=O) groups excluding carboxylic acids is 2. The fraction of sp³-hybridized carbons (Fsp3) is 0.409. The van der Waals surface area contributed by atoms with Crippen LogP contribution in [0.15, 0.2) is 48.8 Å². The molecule has 2 fully saturated rings. The van der Waals surface area contributed by atoms with E-state index < -0.39 is 0 Å². The van der Waals surface area contributed by atoms with Crippen LogP contribution in [0, 0.1) is 0 Å². The summed E-state index contributed by atoms with van der Waals surface area (Å²) in [5.74, 6) is 0.199. The zero-order chi connectivity index (χ0) is 20.1. The molecule has 0 radical (unpaired) electrons. The molecule has 2 saturated heterocycles. The number of nitrogens with one attached hydrogen (secondary N) is 2. The summed E-state index contributed by atoms with van der Waals surface area (Å²) in [6.07, 6.45) is 5.18. The van der Waals surface area contributed by atoms with Gasteiger partial charge in [-0.3, -0.25) is 19.5 Å². The zero-order valence-corrected chi connectivity index (χ0v) is 16.5. The molecule has 0 saturated carbocycles. The lowest BCUT2D eigenvalue weighted by Crippen LogP contribution is -2.49. The van der Waals surface area contributed by atoms with Crippen LogP contribution in [-0.4, -0.2) is 54.4 Å². The van der Waals surface area contributed by atoms with Gasteiger partial charge in [0, 0.05) is 63.3 Å². The molecule has 0 bridgehead atoms. The maximum Gasteiger partial charge on any atom is 0.234 e. The Bertz CT molecular complexity index is 840. The third kappa shape index (κ3) is 4.81. The highest BCUT2D eigenvalue weighted by Crippen LogP contribution is 2.22. The molecule has 3 heterocycles. The number of piperazine rings is 1. The molecule has 2 N–H and O–H groups in total. The zero-order valence-electron chi connectivity index (χ0n) is 16.5. The minimum atomic E-state index is 0.0135. The van der Waals surface area contributed by atoms with Crippen LogP contribution in [0.3, 0.4) is 0 Å². The second-order valence-corrected chi connectivity index (χ2v) is 7.57. The van der Waals surface area contributed by atoms with E-state index in [2.05, 4.69) is 26.6 Å². The normalized spacial score (nSPS) is 20.1. The second kappa shape index (κ2) is 9.15. The highest BCUT2D eigenvalue weighted by Gasteiger charge is 2.25. The predicted octanol–water partition coefficient (Wildman–Crippen LogP) is 1.47. The van der Waals surface area contributed by atoms with Gasteiger partial charge < -0.3 is 15.5 Å². The molecule has 2 amide bonds. The third-order valence-electron chi connectivity index (χ3n) is 5.58. The SMILES string of the molecule is O=C(CN1CCNCC1c1cccnc1)NCc1ccc(N2CCCC2=O)cc1. The van der Waals surface area contributed by atoms with E-state index in [9.17, 15) is 9.59 Å². The fourth-order valence-corrected chi connectivity index (χ4v) is 3.99. The molecule has 2 aliphatic heterocycles. The molecule has 1 aromatic heterocycles. The number of anilines is 1. The fourth-order valence-electron chi connectivity index (χ4n) is 3.99. The first-order valence-electron chi connectivity index (χ1n) is 10.2. The first-order valence-corrected chi connectivity index (χ1v) is 10.2. The molecule has 4 rings (SSSR count). The first kappa shape index (κ1) is 19.5. The Kier molecular flexibility index (Phi) is 6.17. The topological polar surface area (TPSA) is 77.6 Å². The van der Waals surface area contributed by atoms with Crippen LogP contribution in [0.4, 0.5) is 5.69 Å². The minimum absolute atomic E-state index is 0.0135. The van der Waals surface area contributed by atoms with Crippen LogP contribution < -0.4 is 15.5 Å². The molecule has 1 aromatic carbocycles. The summed E-state index contributed by atoms with van der Waals surface area (Å²) in [7, 11) is 0. The molecule has 0 spiro atoms. The van der Waals surface area contributed by atoms with E-state index in [-0.39, 0.29) is 17.9 Å². The summed E-state index contributed by atoms with van der Waals surface area (Å²) in [5.41, 5.74) is 3.08. The van der Waals surface area contributed by atoms with Gasteiger partial charge in [-0.05, 0) is 35.7 Å². The highest BCUT2D eigenvalue weighted by molar-refractivity contribution is 5.95. The van der Waals surface area contributed by atoms with Crippen molar-refractivity contribution in [3.63, 3.8) is 0 Å². The van der Waals surface area contributed by atoms with Crippen molar-refractivity contribution >= 4 is 17.5 Å². The van der Waals surface area contributed by atoms with Gasteiger partial charge in [0.05, 0.1) is 6.54 Å². The number of benzene rings is 1. The molecule has 2 aliphatic rings. The van der Waals surface area contributed by atoms with Crippen LogP contribution in [-0.2, 0) is 16.1 Å². The molecular weight excluding hydrogens is 366 g/mol. The molecule has 7 heteroatoms. The predicted molar refractivity (Wildman–Crippen MR) is 111 cm³/mol. The Morgan fingerprint density at radius 2 is 2.07 bits per heavy atom. The number of amides is 2. The van der Waals surface area contributed by atoms with Gasteiger partial charge in [-0.15, -0.1) is 0 Å². The maximum atomic E-state index is 12.5. The Morgan fingerprint density at radius 1 is 1.21 bits per heavy atom. The minimum Gasteiger partial charge on any atom is -0.351 e. The van der Waals surface area contributed by atoms with Crippen LogP contribution in [0.2, 0.25) is 0 Å². The smallest absolute Gasteiger partial charge is 0.234 e. The number of hydrogen-bond acceptors (Lipinski definition) is 5. The molecule has 2 aromatic rings. The van der Waals surface area contributed by atoms with Crippen molar-refractivity contribution in [1.82, 2.24) is 20.5 Å². The standard InChI is InChI=1S/C22H27N5O2/c28-21(16-26-12-10-24-15-20(26)18-3-1-9-23-14-18)25-13-17-5-7-19(8-6-17)27-11-2-4-22(27)29/h1,3,5-9,14,20,24H,2,4,10-13,15-16H2,(H,25,28). The van der Waals surface area contributed by atoms with Gasteiger partial charge in [0.15, 0.2) is 0 Å². The molecule has 0 aliphatic carbocycles. The summed E-state index contributed by atoms with van der Waals surface area (Å²) in [6.45, 7) is 4.15. The van der Waals surface area contributed by atoms with Gasteiger partial charge in [0.25, 0.3) is 0 Å². The number of rotatable bonds is 6.